The normalized spacial score (nSPS) is 10.1. The zero-order valence-corrected chi connectivity index (χ0v) is 11.2. The minimum absolute atomic E-state index is 0.0105. The number of benzene rings is 1. The maximum Gasteiger partial charge on any atom is 0.225 e. The Kier molecular flexibility index (Phi) is 4.90. The van der Waals surface area contributed by atoms with E-state index >= 15 is 0 Å². The number of ether oxygens (including phenoxy) is 1. The Labute approximate surface area is 110 Å². The van der Waals surface area contributed by atoms with Gasteiger partial charge >= 0.3 is 0 Å². The molecule has 0 heterocycles. The molecule has 17 heavy (non-hydrogen) atoms. The molecule has 0 atom stereocenters. The van der Waals surface area contributed by atoms with E-state index in [1.165, 1.54) is 11.0 Å². The molecule has 0 bridgehead atoms. The molecule has 1 rings (SSSR count). The van der Waals surface area contributed by atoms with Crippen LogP contribution in [0.25, 0.3) is 0 Å². The first kappa shape index (κ1) is 13.9. The monoisotopic (exact) mass is 276 g/mol. The summed E-state index contributed by atoms with van der Waals surface area (Å²) in [6.45, 7) is 0.249. The number of rotatable bonds is 4. The highest BCUT2D eigenvalue weighted by Crippen LogP contribution is 2.32. The summed E-state index contributed by atoms with van der Waals surface area (Å²) in [5, 5.41) is 0.746. The molecule has 0 saturated carbocycles. The first-order valence-corrected chi connectivity index (χ1v) is 5.75. The van der Waals surface area contributed by atoms with Crippen LogP contribution < -0.4 is 10.5 Å². The van der Waals surface area contributed by atoms with E-state index in [-0.39, 0.29) is 18.9 Å². The summed E-state index contributed by atoms with van der Waals surface area (Å²) in [7, 11) is 3.38. The van der Waals surface area contributed by atoms with Crippen LogP contribution in [0.1, 0.15) is 6.42 Å². The van der Waals surface area contributed by atoms with Crippen LogP contribution in [0.5, 0.6) is 5.75 Å². The van der Waals surface area contributed by atoms with E-state index in [0.717, 1.165) is 0 Å². The van der Waals surface area contributed by atoms with Gasteiger partial charge in [-0.1, -0.05) is 23.2 Å². The summed E-state index contributed by atoms with van der Waals surface area (Å²) >= 11 is 11.6. The van der Waals surface area contributed by atoms with Gasteiger partial charge in [0.25, 0.3) is 0 Å². The van der Waals surface area contributed by atoms with Gasteiger partial charge in [0.15, 0.2) is 0 Å². The van der Waals surface area contributed by atoms with E-state index in [4.69, 9.17) is 33.7 Å². The van der Waals surface area contributed by atoms with Crippen LogP contribution in [0.15, 0.2) is 12.1 Å². The summed E-state index contributed by atoms with van der Waals surface area (Å²) in [5.74, 6) is 0.426. The molecule has 4 nitrogen and oxygen atoms in total. The van der Waals surface area contributed by atoms with Gasteiger partial charge < -0.3 is 15.4 Å². The van der Waals surface area contributed by atoms with Gasteiger partial charge in [-0.25, -0.2) is 0 Å². The van der Waals surface area contributed by atoms with Crippen LogP contribution in [0.3, 0.4) is 0 Å². The Morgan fingerprint density at radius 3 is 2.53 bits per heavy atom. The molecule has 1 aromatic rings. The zero-order chi connectivity index (χ0) is 13.0. The predicted molar refractivity (Wildman–Crippen MR) is 69.7 cm³/mol. The summed E-state index contributed by atoms with van der Waals surface area (Å²) in [6.07, 6.45) is 0.284. The number of hydrogen-bond acceptors (Lipinski definition) is 3. The SMILES string of the molecule is CN(C)C(=O)CCOc1cc(Cl)c(Cl)cc1N. The highest BCUT2D eigenvalue weighted by Gasteiger charge is 2.08. The summed E-state index contributed by atoms with van der Waals surface area (Å²) in [6, 6.07) is 3.06. The van der Waals surface area contributed by atoms with Crippen LogP contribution in [0, 0.1) is 0 Å². The van der Waals surface area contributed by atoms with Crippen LogP contribution in [0.4, 0.5) is 5.69 Å². The summed E-state index contributed by atoms with van der Waals surface area (Å²) < 4.78 is 5.38. The second-order valence-corrected chi connectivity index (χ2v) is 4.51. The number of hydrogen-bond donors (Lipinski definition) is 1. The molecular weight excluding hydrogens is 263 g/mol. The fourth-order valence-corrected chi connectivity index (χ4v) is 1.47. The van der Waals surface area contributed by atoms with Crippen molar-refractivity contribution in [2.24, 2.45) is 0 Å². The fraction of sp³-hybridized carbons (Fsp3) is 0.364. The van der Waals surface area contributed by atoms with Gasteiger partial charge in [0.2, 0.25) is 5.91 Å². The van der Waals surface area contributed by atoms with E-state index in [1.54, 1.807) is 20.2 Å². The lowest BCUT2D eigenvalue weighted by atomic mass is 10.3. The quantitative estimate of drug-likeness (QED) is 0.860. The van der Waals surface area contributed by atoms with Crippen molar-refractivity contribution >= 4 is 34.8 Å². The summed E-state index contributed by atoms with van der Waals surface area (Å²) in [5.41, 5.74) is 6.10. The lowest BCUT2D eigenvalue weighted by Gasteiger charge is -2.12. The predicted octanol–water partition coefficient (Wildman–Crippen LogP) is 2.43. The molecule has 0 aliphatic rings. The maximum atomic E-state index is 11.3. The van der Waals surface area contributed by atoms with Gasteiger partial charge in [0.1, 0.15) is 5.75 Å². The average molecular weight is 277 g/mol. The number of halogens is 2. The minimum atomic E-state index is -0.0105. The first-order valence-electron chi connectivity index (χ1n) is 4.99. The molecule has 94 valence electrons. The molecule has 1 aromatic carbocycles. The van der Waals surface area contributed by atoms with E-state index in [9.17, 15) is 4.79 Å². The Morgan fingerprint density at radius 2 is 1.94 bits per heavy atom. The molecule has 0 saturated heterocycles. The third-order valence-electron chi connectivity index (χ3n) is 2.13. The Bertz CT molecular complexity index is 422. The number of carbonyl (C=O) groups is 1. The number of nitrogens with two attached hydrogens (primary N) is 1. The van der Waals surface area contributed by atoms with Crippen LogP contribution in [-0.2, 0) is 4.79 Å². The van der Waals surface area contributed by atoms with Gasteiger partial charge in [-0.2, -0.15) is 0 Å². The summed E-state index contributed by atoms with van der Waals surface area (Å²) in [4.78, 5) is 12.8. The third kappa shape index (κ3) is 3.98. The number of amides is 1. The van der Waals surface area contributed by atoms with E-state index < -0.39 is 0 Å². The molecule has 0 spiro atoms. The second kappa shape index (κ2) is 5.98. The molecule has 2 N–H and O–H groups in total. The highest BCUT2D eigenvalue weighted by atomic mass is 35.5. The number of carbonyl (C=O) groups excluding carboxylic acids is 1. The van der Waals surface area contributed by atoms with Crippen LogP contribution in [-0.4, -0.2) is 31.5 Å². The van der Waals surface area contributed by atoms with Crippen molar-refractivity contribution in [3.8, 4) is 5.75 Å². The lowest BCUT2D eigenvalue weighted by molar-refractivity contribution is -0.129. The van der Waals surface area contributed by atoms with Crippen LogP contribution >= 0.6 is 23.2 Å². The molecule has 0 aliphatic carbocycles. The molecule has 0 aromatic heterocycles. The number of nitrogens with zero attached hydrogens (tertiary/aromatic N) is 1. The fourth-order valence-electron chi connectivity index (χ4n) is 1.14. The van der Waals surface area contributed by atoms with Crippen molar-refractivity contribution in [2.45, 2.75) is 6.42 Å². The Morgan fingerprint density at radius 1 is 1.35 bits per heavy atom. The van der Waals surface area contributed by atoms with E-state index in [0.29, 0.717) is 21.5 Å². The smallest absolute Gasteiger partial charge is 0.225 e. The molecule has 0 radical (unpaired) electrons. The highest BCUT2D eigenvalue weighted by molar-refractivity contribution is 6.42. The van der Waals surface area contributed by atoms with Gasteiger partial charge in [0.05, 0.1) is 28.8 Å². The van der Waals surface area contributed by atoms with Crippen molar-refractivity contribution in [3.63, 3.8) is 0 Å². The molecular formula is C11H14Cl2N2O2. The standard InChI is InChI=1S/C11H14Cl2N2O2/c1-15(2)11(16)3-4-17-10-6-8(13)7(12)5-9(10)14/h5-6H,3-4,14H2,1-2H3. The van der Waals surface area contributed by atoms with Crippen molar-refractivity contribution < 1.29 is 9.53 Å². The van der Waals surface area contributed by atoms with Crippen LogP contribution in [0.2, 0.25) is 10.0 Å². The number of nitrogen functional groups attached to an aromatic ring is 1. The third-order valence-corrected chi connectivity index (χ3v) is 2.85. The Hall–Kier alpha value is -1.13. The molecule has 0 unspecified atom stereocenters. The van der Waals surface area contributed by atoms with Gasteiger partial charge in [-0.3, -0.25) is 4.79 Å². The van der Waals surface area contributed by atoms with Gasteiger partial charge in [-0.15, -0.1) is 0 Å². The van der Waals surface area contributed by atoms with E-state index in [1.807, 2.05) is 0 Å². The first-order chi connectivity index (χ1) is 7.91. The maximum absolute atomic E-state index is 11.3. The Balaban J connectivity index is 2.58. The molecule has 6 heteroatoms. The molecule has 0 fully saturated rings. The van der Waals surface area contributed by atoms with Crippen molar-refractivity contribution in [1.82, 2.24) is 4.90 Å². The number of anilines is 1. The van der Waals surface area contributed by atoms with Gasteiger partial charge in [0, 0.05) is 20.2 Å². The van der Waals surface area contributed by atoms with E-state index in [2.05, 4.69) is 0 Å². The zero-order valence-electron chi connectivity index (χ0n) is 9.67. The van der Waals surface area contributed by atoms with Crippen molar-refractivity contribution in [3.05, 3.63) is 22.2 Å². The average Bonchev–Trinajstić information content (AvgIpc) is 2.25. The van der Waals surface area contributed by atoms with Crippen molar-refractivity contribution in [1.29, 1.82) is 0 Å². The minimum Gasteiger partial charge on any atom is -0.491 e. The largest absolute Gasteiger partial charge is 0.491 e. The lowest BCUT2D eigenvalue weighted by Crippen LogP contribution is -2.23. The van der Waals surface area contributed by atoms with Gasteiger partial charge in [-0.05, 0) is 6.07 Å². The second-order valence-electron chi connectivity index (χ2n) is 3.69. The topological polar surface area (TPSA) is 55.6 Å². The van der Waals surface area contributed by atoms with Crippen molar-refractivity contribution in [2.75, 3.05) is 26.4 Å². The molecule has 1 amide bonds. The molecule has 0 aliphatic heterocycles.